The van der Waals surface area contributed by atoms with Crippen LogP contribution in [0.1, 0.15) is 84.0 Å². The van der Waals surface area contributed by atoms with Crippen LogP contribution in [0.15, 0.2) is 0 Å². The summed E-state index contributed by atoms with van der Waals surface area (Å²) in [6, 6.07) is 1.35. The second-order valence-electron chi connectivity index (χ2n) is 10.3. The Labute approximate surface area is 172 Å². The Balaban J connectivity index is 1.15. The summed E-state index contributed by atoms with van der Waals surface area (Å²) in [5, 5.41) is 3.11. The minimum absolute atomic E-state index is 0.138. The van der Waals surface area contributed by atoms with Crippen LogP contribution in [0, 0.1) is 17.8 Å². The van der Waals surface area contributed by atoms with Crippen molar-refractivity contribution in [2.75, 3.05) is 32.7 Å². The quantitative estimate of drug-likeness (QED) is 0.770. The molecule has 3 atom stereocenters. The molecule has 1 heterocycles. The molecule has 1 aliphatic heterocycles. The van der Waals surface area contributed by atoms with Gasteiger partial charge in [-0.1, -0.05) is 32.1 Å². The van der Waals surface area contributed by atoms with Gasteiger partial charge < -0.3 is 10.2 Å². The molecule has 3 unspecified atom stereocenters. The van der Waals surface area contributed by atoms with Gasteiger partial charge >= 0.3 is 0 Å². The molecule has 0 spiro atoms. The molecule has 1 N–H and O–H groups in total. The van der Waals surface area contributed by atoms with Crippen molar-refractivity contribution in [3.8, 4) is 0 Å². The lowest BCUT2D eigenvalue weighted by atomic mass is 9.68. The predicted octanol–water partition coefficient (Wildman–Crippen LogP) is 4.05. The van der Waals surface area contributed by atoms with E-state index in [9.17, 15) is 4.79 Å². The Kier molecular flexibility index (Phi) is 7.33. The van der Waals surface area contributed by atoms with Gasteiger partial charge in [0.1, 0.15) is 0 Å². The van der Waals surface area contributed by atoms with Crippen LogP contribution in [-0.2, 0) is 4.79 Å². The molecule has 4 rings (SSSR count). The van der Waals surface area contributed by atoms with E-state index < -0.39 is 0 Å². The Morgan fingerprint density at radius 2 is 1.57 bits per heavy atom. The fraction of sp³-hybridized carbons (Fsp3) is 0.958. The lowest BCUT2D eigenvalue weighted by molar-refractivity contribution is -0.119. The first-order valence-corrected chi connectivity index (χ1v) is 12.4. The lowest BCUT2D eigenvalue weighted by Gasteiger charge is -2.48. The van der Waals surface area contributed by atoms with E-state index in [1.165, 1.54) is 110 Å². The molecule has 0 bridgehead atoms. The Morgan fingerprint density at radius 1 is 0.857 bits per heavy atom. The molecule has 4 heteroatoms. The summed E-state index contributed by atoms with van der Waals surface area (Å²) in [5.41, 5.74) is 0. The number of carbonyl (C=O) groups is 1. The highest BCUT2D eigenvalue weighted by atomic mass is 16.1. The van der Waals surface area contributed by atoms with E-state index in [-0.39, 0.29) is 5.91 Å². The van der Waals surface area contributed by atoms with Crippen LogP contribution < -0.4 is 5.32 Å². The highest BCUT2D eigenvalue weighted by Crippen LogP contribution is 2.42. The zero-order valence-electron chi connectivity index (χ0n) is 18.2. The number of carbonyl (C=O) groups excluding carboxylic acids is 1. The maximum atomic E-state index is 11.2. The molecule has 160 valence electrons. The van der Waals surface area contributed by atoms with E-state index in [0.29, 0.717) is 6.04 Å². The van der Waals surface area contributed by atoms with E-state index in [4.69, 9.17) is 0 Å². The number of hydrogen-bond acceptors (Lipinski definition) is 3. The third-order valence-electron chi connectivity index (χ3n) is 8.52. The van der Waals surface area contributed by atoms with E-state index in [2.05, 4.69) is 15.1 Å². The van der Waals surface area contributed by atoms with Crippen molar-refractivity contribution in [3.05, 3.63) is 0 Å². The van der Waals surface area contributed by atoms with E-state index in [1.807, 2.05) is 0 Å². The zero-order chi connectivity index (χ0) is 19.3. The highest BCUT2D eigenvalue weighted by Gasteiger charge is 2.38. The first-order chi connectivity index (χ1) is 13.7. The SMILES string of the molecule is CC(=O)NC1CCC(CCN2CCN(C3CCCC4CCCCC43)CC2)CC1. The molecule has 4 nitrogen and oxygen atoms in total. The Hall–Kier alpha value is -0.610. The second-order valence-corrected chi connectivity index (χ2v) is 10.3. The number of rotatable bonds is 5. The fourth-order valence-corrected chi connectivity index (χ4v) is 6.92. The molecule has 3 aliphatic carbocycles. The molecular weight excluding hydrogens is 346 g/mol. The van der Waals surface area contributed by atoms with Gasteiger partial charge in [0.15, 0.2) is 0 Å². The molecule has 28 heavy (non-hydrogen) atoms. The van der Waals surface area contributed by atoms with Gasteiger partial charge in [0.2, 0.25) is 5.91 Å². The number of amides is 1. The van der Waals surface area contributed by atoms with Crippen molar-refractivity contribution in [2.45, 2.75) is 96.1 Å². The van der Waals surface area contributed by atoms with Gasteiger partial charge in [-0.3, -0.25) is 9.69 Å². The van der Waals surface area contributed by atoms with Gasteiger partial charge in [-0.15, -0.1) is 0 Å². The highest BCUT2D eigenvalue weighted by molar-refractivity contribution is 5.73. The van der Waals surface area contributed by atoms with Crippen molar-refractivity contribution in [2.24, 2.45) is 17.8 Å². The standard InChI is InChI=1S/C24H43N3O/c1-19(28)25-22-11-9-20(10-12-22)13-14-26-15-17-27(18-16-26)24-8-4-6-21-5-2-3-7-23(21)24/h20-24H,2-18H2,1H3,(H,25,28). The zero-order valence-corrected chi connectivity index (χ0v) is 18.2. The van der Waals surface area contributed by atoms with E-state index in [0.717, 1.165) is 23.8 Å². The first kappa shape index (κ1) is 20.7. The van der Waals surface area contributed by atoms with Gasteiger partial charge in [0, 0.05) is 45.2 Å². The molecule has 1 amide bonds. The minimum atomic E-state index is 0.138. The second kappa shape index (κ2) is 9.93. The minimum Gasteiger partial charge on any atom is -0.354 e. The molecule has 3 saturated carbocycles. The Bertz CT molecular complexity index is 492. The summed E-state index contributed by atoms with van der Waals surface area (Å²) in [7, 11) is 0. The summed E-state index contributed by atoms with van der Waals surface area (Å²) in [6.45, 7) is 8.13. The van der Waals surface area contributed by atoms with Gasteiger partial charge in [-0.05, 0) is 69.2 Å². The monoisotopic (exact) mass is 389 g/mol. The van der Waals surface area contributed by atoms with E-state index >= 15 is 0 Å². The largest absolute Gasteiger partial charge is 0.354 e. The molecular formula is C24H43N3O. The maximum absolute atomic E-state index is 11.2. The normalized spacial score (nSPS) is 38.0. The van der Waals surface area contributed by atoms with Crippen molar-refractivity contribution in [1.29, 1.82) is 0 Å². The molecule has 0 aromatic heterocycles. The number of nitrogens with one attached hydrogen (secondary N) is 1. The van der Waals surface area contributed by atoms with Crippen molar-refractivity contribution in [1.82, 2.24) is 15.1 Å². The predicted molar refractivity (Wildman–Crippen MR) is 115 cm³/mol. The van der Waals surface area contributed by atoms with Crippen LogP contribution in [0.4, 0.5) is 0 Å². The van der Waals surface area contributed by atoms with Crippen molar-refractivity contribution < 1.29 is 4.79 Å². The molecule has 0 radical (unpaired) electrons. The number of piperazine rings is 1. The van der Waals surface area contributed by atoms with Crippen LogP contribution in [0.2, 0.25) is 0 Å². The van der Waals surface area contributed by atoms with Crippen LogP contribution in [0.25, 0.3) is 0 Å². The molecule has 4 fully saturated rings. The first-order valence-electron chi connectivity index (χ1n) is 12.4. The Morgan fingerprint density at radius 3 is 2.32 bits per heavy atom. The summed E-state index contributed by atoms with van der Waals surface area (Å²) in [4.78, 5) is 16.8. The van der Waals surface area contributed by atoms with Crippen molar-refractivity contribution in [3.63, 3.8) is 0 Å². The van der Waals surface area contributed by atoms with Crippen LogP contribution in [0.3, 0.4) is 0 Å². The van der Waals surface area contributed by atoms with Gasteiger partial charge in [-0.25, -0.2) is 0 Å². The average Bonchev–Trinajstić information content (AvgIpc) is 2.73. The average molecular weight is 390 g/mol. The topological polar surface area (TPSA) is 35.6 Å². The third kappa shape index (κ3) is 5.30. The van der Waals surface area contributed by atoms with Gasteiger partial charge in [0.05, 0.1) is 0 Å². The smallest absolute Gasteiger partial charge is 0.217 e. The van der Waals surface area contributed by atoms with Crippen LogP contribution >= 0.6 is 0 Å². The summed E-state index contributed by atoms with van der Waals surface area (Å²) in [5.74, 6) is 3.09. The molecule has 0 aromatic rings. The number of hydrogen-bond donors (Lipinski definition) is 1. The lowest BCUT2D eigenvalue weighted by Crippen LogP contribution is -2.54. The fourth-order valence-electron chi connectivity index (χ4n) is 6.92. The molecule has 0 aromatic carbocycles. The third-order valence-corrected chi connectivity index (χ3v) is 8.52. The summed E-state index contributed by atoms with van der Waals surface area (Å²) < 4.78 is 0. The van der Waals surface area contributed by atoms with Gasteiger partial charge in [0.25, 0.3) is 0 Å². The number of nitrogens with zero attached hydrogens (tertiary/aromatic N) is 2. The summed E-state index contributed by atoms with van der Waals surface area (Å²) >= 11 is 0. The van der Waals surface area contributed by atoms with Gasteiger partial charge in [-0.2, -0.15) is 0 Å². The molecule has 1 saturated heterocycles. The van der Waals surface area contributed by atoms with Crippen LogP contribution in [-0.4, -0.2) is 60.5 Å². The summed E-state index contributed by atoms with van der Waals surface area (Å²) in [6.07, 6.45) is 16.8. The maximum Gasteiger partial charge on any atom is 0.217 e. The van der Waals surface area contributed by atoms with Crippen LogP contribution in [0.5, 0.6) is 0 Å². The number of fused-ring (bicyclic) bond motifs is 1. The van der Waals surface area contributed by atoms with Crippen molar-refractivity contribution >= 4 is 5.91 Å². The van der Waals surface area contributed by atoms with E-state index in [1.54, 1.807) is 6.92 Å². The molecule has 4 aliphatic rings.